The number of hydrogen-bond donors (Lipinski definition) is 3. The number of aromatic nitrogens is 1. The number of rotatable bonds is 16. The normalized spacial score (nSPS) is 10.9. The Morgan fingerprint density at radius 2 is 1.53 bits per heavy atom. The molecule has 3 N–H and O–H groups in total. The largest absolute Gasteiger partial charge is 0.492 e. The van der Waals surface area contributed by atoms with E-state index in [9.17, 15) is 5.26 Å². The molecule has 1 aromatic heterocycles. The van der Waals surface area contributed by atoms with E-state index in [1.54, 1.807) is 12.3 Å². The number of hydrogen-bond acceptors (Lipinski definition) is 8. The first kappa shape index (κ1) is 35.4. The smallest absolute Gasteiger partial charge is 0.142 e. The van der Waals surface area contributed by atoms with Crippen LogP contribution in [0.5, 0.6) is 17.2 Å². The van der Waals surface area contributed by atoms with Crippen molar-refractivity contribution in [1.29, 1.82) is 5.26 Å². The van der Waals surface area contributed by atoms with Crippen molar-refractivity contribution in [2.75, 3.05) is 33.4 Å². The Balaban J connectivity index is 1.32. The van der Waals surface area contributed by atoms with Gasteiger partial charge in [0.05, 0.1) is 17.2 Å². The van der Waals surface area contributed by atoms with Crippen LogP contribution in [-0.2, 0) is 19.8 Å². The molecule has 252 valence electrons. The molecule has 0 unspecified atom stereocenters. The van der Waals surface area contributed by atoms with Crippen molar-refractivity contribution in [2.24, 2.45) is 0 Å². The van der Waals surface area contributed by atoms with E-state index >= 15 is 0 Å². The highest BCUT2D eigenvalue weighted by atomic mass is 35.5. The Morgan fingerprint density at radius 1 is 0.796 bits per heavy atom. The van der Waals surface area contributed by atoms with Gasteiger partial charge < -0.3 is 30.0 Å². The zero-order valence-electron chi connectivity index (χ0n) is 28.1. The van der Waals surface area contributed by atoms with Gasteiger partial charge >= 0.3 is 0 Å². The third-order valence-electron chi connectivity index (χ3n) is 8.26. The van der Waals surface area contributed by atoms with Crippen molar-refractivity contribution < 1.29 is 19.3 Å². The maximum Gasteiger partial charge on any atom is 0.142 e. The van der Waals surface area contributed by atoms with E-state index in [4.69, 9.17) is 30.9 Å². The van der Waals surface area contributed by atoms with Gasteiger partial charge in [-0.2, -0.15) is 5.26 Å². The summed E-state index contributed by atoms with van der Waals surface area (Å²) >= 11 is 6.70. The van der Waals surface area contributed by atoms with Crippen LogP contribution in [0.3, 0.4) is 0 Å². The van der Waals surface area contributed by atoms with Crippen molar-refractivity contribution >= 4 is 11.6 Å². The van der Waals surface area contributed by atoms with Crippen LogP contribution >= 0.6 is 11.6 Å². The summed E-state index contributed by atoms with van der Waals surface area (Å²) in [7, 11) is 1.86. The fourth-order valence-corrected chi connectivity index (χ4v) is 5.88. The monoisotopic (exact) mass is 676 g/mol. The number of benzene rings is 4. The van der Waals surface area contributed by atoms with Crippen molar-refractivity contribution in [1.82, 2.24) is 15.6 Å². The lowest BCUT2D eigenvalue weighted by Gasteiger charge is -2.18. The molecule has 0 radical (unpaired) electrons. The summed E-state index contributed by atoms with van der Waals surface area (Å²) < 4.78 is 18.3. The molecular formula is C40H41ClN4O4. The Labute approximate surface area is 293 Å². The minimum absolute atomic E-state index is 0.115. The molecule has 0 spiro atoms. The van der Waals surface area contributed by atoms with Gasteiger partial charge in [-0.25, -0.2) is 0 Å². The fourth-order valence-electron chi connectivity index (χ4n) is 5.64. The Hall–Kier alpha value is -4.91. The number of aliphatic hydroxyl groups excluding tert-OH is 1. The van der Waals surface area contributed by atoms with Crippen molar-refractivity contribution in [2.45, 2.75) is 33.6 Å². The number of nitrogens with zero attached hydrogens (tertiary/aromatic N) is 2. The average Bonchev–Trinajstić information content (AvgIpc) is 3.12. The number of nitriles is 1. The molecule has 4 aromatic carbocycles. The molecule has 0 aliphatic rings. The SMILES string of the molecule is CNCc1cc(Cl)c(OCc2cccc(-c3cccc(-c4ccc(OCCNCCO)cc4)c3C)c2C)cc1OCc1cncc(C#N)c1. The van der Waals surface area contributed by atoms with Gasteiger partial charge in [0, 0.05) is 49.2 Å². The molecule has 0 saturated heterocycles. The second-order valence-electron chi connectivity index (χ2n) is 11.6. The summed E-state index contributed by atoms with van der Waals surface area (Å²) in [6.45, 7) is 7.31. The number of aliphatic hydroxyl groups is 1. The first-order valence-corrected chi connectivity index (χ1v) is 16.6. The fraction of sp³-hybridized carbons (Fsp3) is 0.250. The van der Waals surface area contributed by atoms with Crippen molar-refractivity contribution in [3.63, 3.8) is 0 Å². The van der Waals surface area contributed by atoms with E-state index in [1.807, 2.05) is 31.3 Å². The maximum atomic E-state index is 9.22. The lowest BCUT2D eigenvalue weighted by Crippen LogP contribution is -2.23. The van der Waals surface area contributed by atoms with E-state index in [1.165, 1.54) is 11.8 Å². The molecule has 0 atom stereocenters. The highest BCUT2D eigenvalue weighted by Gasteiger charge is 2.15. The second-order valence-corrected chi connectivity index (χ2v) is 12.0. The highest BCUT2D eigenvalue weighted by molar-refractivity contribution is 6.32. The summed E-state index contributed by atoms with van der Waals surface area (Å²) in [4.78, 5) is 4.13. The van der Waals surface area contributed by atoms with Gasteiger partial charge in [-0.15, -0.1) is 0 Å². The van der Waals surface area contributed by atoms with Crippen LogP contribution in [-0.4, -0.2) is 43.4 Å². The lowest BCUT2D eigenvalue weighted by atomic mass is 9.89. The molecule has 49 heavy (non-hydrogen) atoms. The van der Waals surface area contributed by atoms with Gasteiger partial charge in [0.25, 0.3) is 0 Å². The Bertz CT molecular complexity index is 1910. The first-order chi connectivity index (χ1) is 23.9. The van der Waals surface area contributed by atoms with E-state index in [0.29, 0.717) is 54.9 Å². The minimum atomic E-state index is 0.115. The van der Waals surface area contributed by atoms with E-state index in [2.05, 4.69) is 84.1 Å². The molecule has 0 aliphatic heterocycles. The topological polar surface area (TPSA) is 109 Å². The molecule has 5 aromatic rings. The summed E-state index contributed by atoms with van der Waals surface area (Å²) in [6, 6.07) is 28.4. The van der Waals surface area contributed by atoms with Gasteiger partial charge in [-0.3, -0.25) is 4.98 Å². The van der Waals surface area contributed by atoms with Crippen LogP contribution in [0.25, 0.3) is 22.3 Å². The molecular weight excluding hydrogens is 636 g/mol. The number of nitrogens with one attached hydrogen (secondary N) is 2. The van der Waals surface area contributed by atoms with Crippen molar-refractivity contribution in [3.05, 3.63) is 130 Å². The first-order valence-electron chi connectivity index (χ1n) is 16.2. The summed E-state index contributed by atoms with van der Waals surface area (Å²) in [5, 5.41) is 24.9. The molecule has 9 heteroatoms. The molecule has 8 nitrogen and oxygen atoms in total. The van der Waals surface area contributed by atoms with Crippen LogP contribution in [0.4, 0.5) is 0 Å². The number of halogens is 1. The summed E-state index contributed by atoms with van der Waals surface area (Å²) in [5.74, 6) is 1.98. The van der Waals surface area contributed by atoms with E-state index in [0.717, 1.165) is 50.3 Å². The van der Waals surface area contributed by atoms with Gasteiger partial charge in [-0.05, 0) is 84.1 Å². The summed E-state index contributed by atoms with van der Waals surface area (Å²) in [5.41, 5.74) is 10.1. The quantitative estimate of drug-likeness (QED) is 0.0929. The predicted molar refractivity (Wildman–Crippen MR) is 194 cm³/mol. The Morgan fingerprint density at radius 3 is 2.29 bits per heavy atom. The third kappa shape index (κ3) is 9.17. The molecule has 0 bridgehead atoms. The molecule has 1 heterocycles. The summed E-state index contributed by atoms with van der Waals surface area (Å²) in [6.07, 6.45) is 3.21. The van der Waals surface area contributed by atoms with Crippen LogP contribution < -0.4 is 24.8 Å². The number of ether oxygens (including phenoxy) is 3. The number of pyridine rings is 1. The van der Waals surface area contributed by atoms with Crippen LogP contribution in [0.1, 0.15) is 33.4 Å². The zero-order valence-corrected chi connectivity index (χ0v) is 28.8. The van der Waals surface area contributed by atoms with Gasteiger partial charge in [-0.1, -0.05) is 60.1 Å². The van der Waals surface area contributed by atoms with Gasteiger partial charge in [0.15, 0.2) is 0 Å². The van der Waals surface area contributed by atoms with Crippen LogP contribution in [0.15, 0.2) is 91.3 Å². The van der Waals surface area contributed by atoms with E-state index in [-0.39, 0.29) is 13.2 Å². The average molecular weight is 677 g/mol. The zero-order chi connectivity index (χ0) is 34.6. The van der Waals surface area contributed by atoms with Gasteiger partial charge in [0.2, 0.25) is 0 Å². The van der Waals surface area contributed by atoms with E-state index < -0.39 is 0 Å². The van der Waals surface area contributed by atoms with Crippen molar-refractivity contribution in [3.8, 4) is 45.6 Å². The maximum absolute atomic E-state index is 9.22. The molecule has 0 saturated carbocycles. The Kier molecular flexibility index (Phi) is 12.6. The molecule has 0 amide bonds. The van der Waals surface area contributed by atoms with Crippen LogP contribution in [0, 0.1) is 25.2 Å². The molecule has 5 rings (SSSR count). The predicted octanol–water partition coefficient (Wildman–Crippen LogP) is 7.40. The minimum Gasteiger partial charge on any atom is -0.492 e. The highest BCUT2D eigenvalue weighted by Crippen LogP contribution is 2.37. The molecule has 0 aliphatic carbocycles. The van der Waals surface area contributed by atoms with Gasteiger partial charge in [0.1, 0.15) is 43.1 Å². The third-order valence-corrected chi connectivity index (χ3v) is 8.55. The van der Waals surface area contributed by atoms with Crippen LogP contribution in [0.2, 0.25) is 5.02 Å². The lowest BCUT2D eigenvalue weighted by molar-refractivity contribution is 0.276. The standard InChI is InChI=1S/C40H41ClN4O4/c1-27-32(26-49-40-20-39(33(24-43-3)19-38(40)41)48-25-30-18-29(21-42)22-45-23-30)6-4-8-36(27)37-9-5-7-35(28(37)2)31-10-12-34(13-11-31)47-17-15-44-14-16-46/h4-13,18-20,22-23,43-44,46H,14-17,24-26H2,1-3H3. The molecule has 0 fully saturated rings. The second kappa shape index (κ2) is 17.5.